The van der Waals surface area contributed by atoms with Crippen molar-refractivity contribution in [1.82, 2.24) is 14.7 Å². The first-order valence-corrected chi connectivity index (χ1v) is 11.0. The summed E-state index contributed by atoms with van der Waals surface area (Å²) in [4.78, 5) is 21.2. The maximum atomic E-state index is 13.1. The molecule has 3 rings (SSSR count). The van der Waals surface area contributed by atoms with Crippen molar-refractivity contribution in [2.24, 2.45) is 12.2 Å². The Kier molecular flexibility index (Phi) is 8.15. The third kappa shape index (κ3) is 6.17. The number of aromatic nitrogens is 2. The van der Waals surface area contributed by atoms with E-state index in [1.807, 2.05) is 13.0 Å². The van der Waals surface area contributed by atoms with Crippen molar-refractivity contribution in [3.05, 3.63) is 88.5 Å². The van der Waals surface area contributed by atoms with Crippen LogP contribution in [0, 0.1) is 12.7 Å². The number of aryl methyl sites for hydroxylation is 2. The third-order valence-electron chi connectivity index (χ3n) is 4.56. The summed E-state index contributed by atoms with van der Waals surface area (Å²) in [5.41, 5.74) is 1.35. The summed E-state index contributed by atoms with van der Waals surface area (Å²) in [6.45, 7) is 10.3. The highest BCUT2D eigenvalue weighted by Gasteiger charge is 2.16. The lowest BCUT2D eigenvalue weighted by molar-refractivity contribution is 0.0795. The third-order valence-corrected chi connectivity index (χ3v) is 5.61. The Hall–Kier alpha value is -3.72. The van der Waals surface area contributed by atoms with Gasteiger partial charge in [-0.2, -0.15) is 5.10 Å². The van der Waals surface area contributed by atoms with Gasteiger partial charge in [0, 0.05) is 25.0 Å². The lowest BCUT2D eigenvalue weighted by atomic mass is 10.3. The molecule has 0 radical (unpaired) electrons. The molecule has 9 heteroatoms. The van der Waals surface area contributed by atoms with Crippen molar-refractivity contribution in [2.45, 2.75) is 13.5 Å². The van der Waals surface area contributed by atoms with E-state index in [1.165, 1.54) is 41.8 Å². The number of benzene rings is 1. The quantitative estimate of drug-likeness (QED) is 0.223. The number of rotatable bonds is 11. The van der Waals surface area contributed by atoms with Crippen LogP contribution in [0.15, 0.2) is 66.9 Å². The maximum absolute atomic E-state index is 13.1. The number of thiophene rings is 1. The standard InChI is InChI=1S/C24H25FN4O3S/c1-5-13-29(14-6-2)23(30)22-12-11-20(33-22)16-31-26-15-21-17(3)27-28(4)24(21)32-19-9-7-18(25)8-10-19/h5-12,15H,1-2,13-14,16H2,3-4H3. The Bertz CT molecular complexity index is 1140. The maximum Gasteiger partial charge on any atom is 0.264 e. The van der Waals surface area contributed by atoms with Gasteiger partial charge in [0.2, 0.25) is 5.88 Å². The van der Waals surface area contributed by atoms with Gasteiger partial charge in [0.1, 0.15) is 11.6 Å². The molecule has 33 heavy (non-hydrogen) atoms. The second-order valence-electron chi connectivity index (χ2n) is 7.05. The number of nitrogens with zero attached hydrogens (tertiary/aromatic N) is 4. The van der Waals surface area contributed by atoms with E-state index in [0.29, 0.717) is 40.9 Å². The predicted molar refractivity (Wildman–Crippen MR) is 127 cm³/mol. The Morgan fingerprint density at radius 2 is 1.91 bits per heavy atom. The first kappa shape index (κ1) is 23.9. The molecule has 2 aromatic heterocycles. The molecule has 2 heterocycles. The average Bonchev–Trinajstić information content (AvgIpc) is 3.37. The second kappa shape index (κ2) is 11.2. The van der Waals surface area contributed by atoms with E-state index in [-0.39, 0.29) is 18.3 Å². The number of carbonyl (C=O) groups is 1. The molecule has 0 aliphatic rings. The monoisotopic (exact) mass is 468 g/mol. The highest BCUT2D eigenvalue weighted by atomic mass is 32.1. The van der Waals surface area contributed by atoms with E-state index in [1.54, 1.807) is 34.8 Å². The number of hydrogen-bond donors (Lipinski definition) is 0. The van der Waals surface area contributed by atoms with Crippen molar-refractivity contribution in [1.29, 1.82) is 0 Å². The SMILES string of the molecule is C=CCN(CC=C)C(=O)c1ccc(CON=Cc2c(C)nn(C)c2Oc2ccc(F)cc2)s1. The van der Waals surface area contributed by atoms with Gasteiger partial charge in [0.05, 0.1) is 22.3 Å². The van der Waals surface area contributed by atoms with E-state index < -0.39 is 0 Å². The van der Waals surface area contributed by atoms with Gasteiger partial charge in [-0.05, 0) is 43.3 Å². The van der Waals surface area contributed by atoms with Gasteiger partial charge in [0.15, 0.2) is 6.61 Å². The van der Waals surface area contributed by atoms with Crippen LogP contribution in [0.2, 0.25) is 0 Å². The summed E-state index contributed by atoms with van der Waals surface area (Å²) >= 11 is 1.35. The first-order valence-electron chi connectivity index (χ1n) is 10.1. The molecule has 0 fully saturated rings. The number of halogens is 1. The molecule has 1 amide bonds. The van der Waals surface area contributed by atoms with Gasteiger partial charge in [-0.15, -0.1) is 24.5 Å². The van der Waals surface area contributed by atoms with E-state index in [4.69, 9.17) is 9.57 Å². The predicted octanol–water partition coefficient (Wildman–Crippen LogP) is 5.09. The zero-order valence-corrected chi connectivity index (χ0v) is 19.3. The van der Waals surface area contributed by atoms with Crippen LogP contribution in [0.1, 0.15) is 25.8 Å². The molecular formula is C24H25FN4O3S. The minimum atomic E-state index is -0.341. The van der Waals surface area contributed by atoms with Crippen molar-refractivity contribution < 1.29 is 18.8 Å². The largest absolute Gasteiger partial charge is 0.439 e. The van der Waals surface area contributed by atoms with Crippen LogP contribution >= 0.6 is 11.3 Å². The summed E-state index contributed by atoms with van der Waals surface area (Å²) in [7, 11) is 1.75. The Balaban J connectivity index is 1.63. The minimum absolute atomic E-state index is 0.0804. The van der Waals surface area contributed by atoms with Crippen molar-refractivity contribution >= 4 is 23.5 Å². The van der Waals surface area contributed by atoms with Crippen molar-refractivity contribution in [3.63, 3.8) is 0 Å². The van der Waals surface area contributed by atoms with Crippen molar-refractivity contribution in [3.8, 4) is 11.6 Å². The number of hydrogen-bond acceptors (Lipinski definition) is 6. The molecule has 0 bridgehead atoms. The molecule has 0 saturated heterocycles. The lowest BCUT2D eigenvalue weighted by Gasteiger charge is -2.18. The highest BCUT2D eigenvalue weighted by Crippen LogP contribution is 2.26. The highest BCUT2D eigenvalue weighted by molar-refractivity contribution is 7.14. The van der Waals surface area contributed by atoms with Gasteiger partial charge in [-0.1, -0.05) is 17.3 Å². The van der Waals surface area contributed by atoms with Crippen LogP contribution in [0.25, 0.3) is 0 Å². The Labute approximate surface area is 196 Å². The van der Waals surface area contributed by atoms with Gasteiger partial charge in [-0.25, -0.2) is 9.07 Å². The van der Waals surface area contributed by atoms with E-state index in [9.17, 15) is 9.18 Å². The minimum Gasteiger partial charge on any atom is -0.439 e. The number of ether oxygens (including phenoxy) is 1. The molecular weight excluding hydrogens is 443 g/mol. The second-order valence-corrected chi connectivity index (χ2v) is 8.21. The van der Waals surface area contributed by atoms with Crippen LogP contribution in [0.5, 0.6) is 11.6 Å². The number of oxime groups is 1. The van der Waals surface area contributed by atoms with Gasteiger partial charge in [-0.3, -0.25) is 4.79 Å². The summed E-state index contributed by atoms with van der Waals surface area (Å²) in [6.07, 6.45) is 4.89. The fourth-order valence-electron chi connectivity index (χ4n) is 3.01. The van der Waals surface area contributed by atoms with Crippen LogP contribution in [0.3, 0.4) is 0 Å². The molecule has 1 aromatic carbocycles. The smallest absolute Gasteiger partial charge is 0.264 e. The molecule has 0 aliphatic heterocycles. The van der Waals surface area contributed by atoms with Gasteiger partial charge in [0.25, 0.3) is 5.91 Å². The molecule has 172 valence electrons. The van der Waals surface area contributed by atoms with Crippen LogP contribution in [-0.4, -0.2) is 39.9 Å². The van der Waals surface area contributed by atoms with Gasteiger partial charge < -0.3 is 14.5 Å². The molecule has 0 saturated carbocycles. The van der Waals surface area contributed by atoms with E-state index >= 15 is 0 Å². The molecule has 0 aliphatic carbocycles. The lowest BCUT2D eigenvalue weighted by Crippen LogP contribution is -2.30. The van der Waals surface area contributed by atoms with E-state index in [2.05, 4.69) is 23.4 Å². The summed E-state index contributed by atoms with van der Waals surface area (Å²) in [5.74, 6) is 0.516. The van der Waals surface area contributed by atoms with Crippen LogP contribution in [0.4, 0.5) is 4.39 Å². The average molecular weight is 469 g/mol. The summed E-state index contributed by atoms with van der Waals surface area (Å²) in [5, 5.41) is 8.39. The van der Waals surface area contributed by atoms with Gasteiger partial charge >= 0.3 is 0 Å². The fourth-order valence-corrected chi connectivity index (χ4v) is 3.89. The topological polar surface area (TPSA) is 69.0 Å². The Morgan fingerprint density at radius 3 is 2.58 bits per heavy atom. The molecule has 0 N–H and O–H groups in total. The zero-order chi connectivity index (χ0) is 23.8. The summed E-state index contributed by atoms with van der Waals surface area (Å²) < 4.78 is 20.6. The Morgan fingerprint density at radius 1 is 1.21 bits per heavy atom. The van der Waals surface area contributed by atoms with Crippen molar-refractivity contribution in [2.75, 3.05) is 13.1 Å². The van der Waals surface area contributed by atoms with Crippen LogP contribution < -0.4 is 4.74 Å². The normalized spacial score (nSPS) is 10.9. The number of carbonyl (C=O) groups excluding carboxylic acids is 1. The molecule has 7 nitrogen and oxygen atoms in total. The van der Waals surface area contributed by atoms with Crippen LogP contribution in [-0.2, 0) is 18.5 Å². The number of amides is 1. The summed E-state index contributed by atoms with van der Waals surface area (Å²) in [6, 6.07) is 9.33. The fraction of sp³-hybridized carbons (Fsp3) is 0.208. The zero-order valence-electron chi connectivity index (χ0n) is 18.5. The molecule has 0 spiro atoms. The first-order chi connectivity index (χ1) is 15.9. The van der Waals surface area contributed by atoms with E-state index in [0.717, 1.165) is 4.88 Å². The molecule has 0 atom stereocenters. The molecule has 3 aromatic rings. The molecule has 0 unspecified atom stereocenters.